The molecular weight excluding hydrogens is 455 g/mol. The van der Waals surface area contributed by atoms with E-state index in [1.807, 2.05) is 6.07 Å². The van der Waals surface area contributed by atoms with E-state index in [-0.39, 0.29) is 18.6 Å². The van der Waals surface area contributed by atoms with Crippen LogP contribution in [0.25, 0.3) is 0 Å². The number of esters is 2. The highest BCUT2D eigenvalue weighted by Crippen LogP contribution is 2.33. The third-order valence-corrected chi connectivity index (χ3v) is 6.21. The zero-order valence-electron chi connectivity index (χ0n) is 16.0. The molecule has 1 saturated heterocycles. The number of benzene rings is 1. The van der Waals surface area contributed by atoms with E-state index in [1.54, 1.807) is 12.1 Å². The molecule has 0 saturated carbocycles. The fourth-order valence-corrected chi connectivity index (χ4v) is 4.01. The molecule has 1 amide bonds. The number of rotatable bonds is 5. The summed E-state index contributed by atoms with van der Waals surface area (Å²) in [6.45, 7) is 1.85. The molecule has 2 heterocycles. The molecule has 30 heavy (non-hydrogen) atoms. The molecular formula is C19H20Cl2N2O6S. The van der Waals surface area contributed by atoms with Crippen LogP contribution < -0.4 is 10.6 Å². The molecule has 0 unspecified atom stereocenters. The zero-order chi connectivity index (χ0) is 21.7. The third kappa shape index (κ3) is 5.28. The quantitative estimate of drug-likeness (QED) is 0.625. The second-order valence-electron chi connectivity index (χ2n) is 6.58. The Kier molecular flexibility index (Phi) is 7.65. The third-order valence-electron chi connectivity index (χ3n) is 4.58. The molecule has 2 aliphatic heterocycles. The smallest absolute Gasteiger partial charge is 0.388 e. The molecule has 0 bridgehead atoms. The summed E-state index contributed by atoms with van der Waals surface area (Å²) in [5.74, 6) is -2.63. The van der Waals surface area contributed by atoms with Crippen molar-refractivity contribution in [2.24, 2.45) is 5.92 Å². The number of carbonyl (C=O) groups is 3. The maximum Gasteiger partial charge on any atom is 0.388 e. The Morgan fingerprint density at radius 1 is 1.23 bits per heavy atom. The van der Waals surface area contributed by atoms with Crippen LogP contribution in [0.3, 0.4) is 0 Å². The highest BCUT2D eigenvalue weighted by atomic mass is 35.5. The summed E-state index contributed by atoms with van der Waals surface area (Å²) in [7, 11) is 0. The normalized spacial score (nSPS) is 23.7. The molecule has 1 aromatic rings. The summed E-state index contributed by atoms with van der Waals surface area (Å²) >= 11 is 13.0. The van der Waals surface area contributed by atoms with Crippen molar-refractivity contribution in [2.45, 2.75) is 11.2 Å². The predicted molar refractivity (Wildman–Crippen MR) is 112 cm³/mol. The molecule has 1 aromatic carbocycles. The summed E-state index contributed by atoms with van der Waals surface area (Å²) in [5.41, 5.74) is 0.823. The van der Waals surface area contributed by atoms with Crippen molar-refractivity contribution < 1.29 is 28.6 Å². The van der Waals surface area contributed by atoms with Crippen LogP contribution in [0.4, 0.5) is 0 Å². The molecule has 2 N–H and O–H groups in total. The highest BCUT2D eigenvalue weighted by molar-refractivity contribution is 8.00. The fourth-order valence-electron chi connectivity index (χ4n) is 3.12. The molecule has 0 radical (unpaired) electrons. The number of hydrogen-bond donors (Lipinski definition) is 2. The molecule has 2 atom stereocenters. The first kappa shape index (κ1) is 22.9. The average molecular weight is 475 g/mol. The van der Waals surface area contributed by atoms with E-state index in [2.05, 4.69) is 10.6 Å². The van der Waals surface area contributed by atoms with E-state index in [1.165, 1.54) is 6.26 Å². The van der Waals surface area contributed by atoms with Crippen molar-refractivity contribution in [1.82, 2.24) is 10.6 Å². The molecule has 1 fully saturated rings. The lowest BCUT2D eigenvalue weighted by Crippen LogP contribution is -2.51. The van der Waals surface area contributed by atoms with Gasteiger partial charge in [0, 0.05) is 37.7 Å². The lowest BCUT2D eigenvalue weighted by molar-refractivity contribution is -0.194. The summed E-state index contributed by atoms with van der Waals surface area (Å²) in [5, 5.41) is 4.71. The van der Waals surface area contributed by atoms with Gasteiger partial charge < -0.3 is 24.8 Å². The molecule has 0 aliphatic carbocycles. The molecule has 8 nitrogen and oxygen atoms in total. The average Bonchev–Trinajstić information content (AvgIpc) is 3.05. The maximum atomic E-state index is 12.9. The maximum absolute atomic E-state index is 12.9. The Bertz CT molecular complexity index is 845. The first-order valence-corrected chi connectivity index (χ1v) is 11.1. The number of thioether (sulfide) groups is 1. The van der Waals surface area contributed by atoms with E-state index >= 15 is 0 Å². The van der Waals surface area contributed by atoms with Crippen LogP contribution in [-0.4, -0.2) is 55.5 Å². The Morgan fingerprint density at radius 3 is 2.57 bits per heavy atom. The van der Waals surface area contributed by atoms with Gasteiger partial charge in [-0.25, -0.2) is 9.59 Å². The summed E-state index contributed by atoms with van der Waals surface area (Å²) < 4.78 is 16.2. The van der Waals surface area contributed by atoms with Crippen LogP contribution in [0.1, 0.15) is 11.7 Å². The van der Waals surface area contributed by atoms with Crippen molar-refractivity contribution >= 4 is 52.8 Å². The van der Waals surface area contributed by atoms with Gasteiger partial charge in [-0.2, -0.15) is 0 Å². The second kappa shape index (κ2) is 10.0. The minimum Gasteiger partial charge on any atom is -0.401 e. The largest absolute Gasteiger partial charge is 0.401 e. The van der Waals surface area contributed by atoms with Gasteiger partial charge in [0.25, 0.3) is 0 Å². The van der Waals surface area contributed by atoms with Crippen LogP contribution in [0, 0.1) is 5.92 Å². The Hall–Kier alpha value is -1.78. The van der Waals surface area contributed by atoms with Crippen molar-refractivity contribution in [3.8, 4) is 0 Å². The van der Waals surface area contributed by atoms with Gasteiger partial charge in [0.1, 0.15) is 0 Å². The number of cyclic esters (lactones) is 2. The Morgan fingerprint density at radius 2 is 1.93 bits per heavy atom. The number of nitrogens with one attached hydrogen (secondary N) is 2. The van der Waals surface area contributed by atoms with Gasteiger partial charge in [-0.15, -0.1) is 0 Å². The van der Waals surface area contributed by atoms with E-state index in [4.69, 9.17) is 37.4 Å². The monoisotopic (exact) mass is 474 g/mol. The SMILES string of the molecule is CSC1(C(=O)NC[C@@H]2CNCCO[C@H]2c2ccc(Cl)c(Cl)c2)OC(=O)C=CC(=O)O1. The first-order valence-electron chi connectivity index (χ1n) is 9.09. The minimum absolute atomic E-state index is 0.168. The number of ether oxygens (including phenoxy) is 3. The number of halogens is 2. The molecule has 162 valence electrons. The lowest BCUT2D eigenvalue weighted by atomic mass is 9.95. The van der Waals surface area contributed by atoms with Crippen LogP contribution in [-0.2, 0) is 28.6 Å². The van der Waals surface area contributed by atoms with Gasteiger partial charge in [0.2, 0.25) is 0 Å². The first-order chi connectivity index (χ1) is 14.3. The van der Waals surface area contributed by atoms with Gasteiger partial charge in [-0.1, -0.05) is 41.0 Å². The molecule has 11 heteroatoms. The van der Waals surface area contributed by atoms with Crippen LogP contribution in [0.5, 0.6) is 0 Å². The van der Waals surface area contributed by atoms with Crippen LogP contribution in [0.2, 0.25) is 10.0 Å². The Balaban J connectivity index is 1.75. The Labute approximate surface area is 187 Å². The minimum atomic E-state index is -2.10. The van der Waals surface area contributed by atoms with E-state index in [0.29, 0.717) is 29.7 Å². The summed E-state index contributed by atoms with van der Waals surface area (Å²) in [6, 6.07) is 5.25. The standard InChI is InChI=1S/C19H20Cl2N2O6S/c1-30-19(28-15(24)4-5-16(25)29-19)18(26)23-10-12-9-22-6-7-27-17(12)11-2-3-13(20)14(21)8-11/h2-5,8,12,17,22H,6-7,9-10H2,1H3,(H,23,26)/t12-,17-/m0/s1. The van der Waals surface area contributed by atoms with Crippen LogP contribution >= 0.6 is 35.0 Å². The van der Waals surface area contributed by atoms with E-state index in [9.17, 15) is 14.4 Å². The molecule has 3 rings (SSSR count). The molecule has 0 aromatic heterocycles. The number of carbonyl (C=O) groups excluding carboxylic acids is 3. The van der Waals surface area contributed by atoms with Gasteiger partial charge in [0.15, 0.2) is 0 Å². The van der Waals surface area contributed by atoms with Crippen molar-refractivity contribution in [3.63, 3.8) is 0 Å². The van der Waals surface area contributed by atoms with Crippen molar-refractivity contribution in [1.29, 1.82) is 0 Å². The fraction of sp³-hybridized carbons (Fsp3) is 0.421. The summed E-state index contributed by atoms with van der Waals surface area (Å²) in [4.78, 5) is 36.4. The second-order valence-corrected chi connectivity index (χ2v) is 8.34. The van der Waals surface area contributed by atoms with Crippen molar-refractivity contribution in [3.05, 3.63) is 46.0 Å². The lowest BCUT2D eigenvalue weighted by Gasteiger charge is -2.30. The molecule has 2 aliphatic rings. The topological polar surface area (TPSA) is 103 Å². The van der Waals surface area contributed by atoms with Crippen molar-refractivity contribution in [2.75, 3.05) is 32.5 Å². The van der Waals surface area contributed by atoms with E-state index < -0.39 is 23.0 Å². The van der Waals surface area contributed by atoms with Gasteiger partial charge >= 0.3 is 23.0 Å². The zero-order valence-corrected chi connectivity index (χ0v) is 18.3. The number of amides is 1. The van der Waals surface area contributed by atoms with Gasteiger partial charge in [-0.05, 0) is 24.0 Å². The number of hydrogen-bond acceptors (Lipinski definition) is 8. The van der Waals surface area contributed by atoms with E-state index in [0.717, 1.165) is 29.5 Å². The van der Waals surface area contributed by atoms with Gasteiger partial charge in [0.05, 0.1) is 22.8 Å². The highest BCUT2D eigenvalue weighted by Gasteiger charge is 2.47. The summed E-state index contributed by atoms with van der Waals surface area (Å²) in [6.07, 6.45) is 2.97. The molecule has 0 spiro atoms. The van der Waals surface area contributed by atoms with Crippen LogP contribution in [0.15, 0.2) is 30.4 Å². The van der Waals surface area contributed by atoms with Gasteiger partial charge in [-0.3, -0.25) is 4.79 Å². The predicted octanol–water partition coefficient (Wildman–Crippen LogP) is 2.06.